The molecule has 0 amide bonds. The summed E-state index contributed by atoms with van der Waals surface area (Å²) >= 11 is 6.31. The molecule has 1 saturated carbocycles. The molecular formula is C17H26ClN3. The first-order valence-electron chi connectivity index (χ1n) is 8.20. The van der Waals surface area contributed by atoms with Gasteiger partial charge in [-0.25, -0.2) is 0 Å². The largest absolute Gasteiger partial charge is 0.308 e. The maximum Gasteiger partial charge on any atom is 0.0634 e. The Kier molecular flexibility index (Phi) is 4.53. The predicted octanol–water partition coefficient (Wildman–Crippen LogP) is 3.48. The maximum atomic E-state index is 6.31. The van der Waals surface area contributed by atoms with E-state index in [0.717, 1.165) is 30.6 Å². The van der Waals surface area contributed by atoms with E-state index in [0.29, 0.717) is 6.04 Å². The van der Waals surface area contributed by atoms with Crippen molar-refractivity contribution in [3.05, 3.63) is 29.0 Å². The van der Waals surface area contributed by atoms with Crippen molar-refractivity contribution in [3.63, 3.8) is 0 Å². The summed E-state index contributed by atoms with van der Waals surface area (Å²) in [5.74, 6) is 0.857. The molecule has 0 bridgehead atoms. The van der Waals surface area contributed by atoms with Crippen LogP contribution in [0.3, 0.4) is 0 Å². The third-order valence-corrected chi connectivity index (χ3v) is 5.46. The number of hydrogen-bond donors (Lipinski definition) is 1. The van der Waals surface area contributed by atoms with Crippen molar-refractivity contribution in [2.75, 3.05) is 13.1 Å². The zero-order valence-electron chi connectivity index (χ0n) is 13.1. The molecule has 0 aromatic carbocycles. The molecule has 116 valence electrons. The Hall–Kier alpha value is -0.640. The van der Waals surface area contributed by atoms with E-state index in [1.54, 1.807) is 6.20 Å². The molecule has 0 radical (unpaired) electrons. The first-order chi connectivity index (χ1) is 10.1. The standard InChI is InChI=1S/C17H26ClN3/c1-3-4-15-9-20-17(2,14-5-6-14)12-21(15)11-13-7-8-19-10-16(13)18/h7-8,10,14-15,20H,3-6,9,11-12H2,1-2H3. The topological polar surface area (TPSA) is 28.2 Å². The quantitative estimate of drug-likeness (QED) is 0.902. The summed E-state index contributed by atoms with van der Waals surface area (Å²) in [6.45, 7) is 7.83. The fourth-order valence-corrected chi connectivity index (χ4v) is 3.81. The number of nitrogens with one attached hydrogen (secondary N) is 1. The molecule has 1 aliphatic heterocycles. The first kappa shape index (κ1) is 15.3. The highest BCUT2D eigenvalue weighted by atomic mass is 35.5. The Morgan fingerprint density at radius 2 is 2.29 bits per heavy atom. The first-order valence-corrected chi connectivity index (χ1v) is 8.57. The number of piperazine rings is 1. The van der Waals surface area contributed by atoms with E-state index in [1.807, 2.05) is 6.20 Å². The Bertz CT molecular complexity index is 489. The molecule has 2 atom stereocenters. The second kappa shape index (κ2) is 6.23. The van der Waals surface area contributed by atoms with Gasteiger partial charge in [-0.1, -0.05) is 24.9 Å². The summed E-state index contributed by atoms with van der Waals surface area (Å²) in [6, 6.07) is 2.67. The zero-order valence-corrected chi connectivity index (χ0v) is 13.9. The number of nitrogens with zero attached hydrogens (tertiary/aromatic N) is 2. The molecular weight excluding hydrogens is 282 g/mol. The van der Waals surface area contributed by atoms with Gasteiger partial charge in [-0.05, 0) is 43.7 Å². The monoisotopic (exact) mass is 307 g/mol. The highest BCUT2D eigenvalue weighted by Gasteiger charge is 2.45. The molecule has 1 N–H and O–H groups in total. The molecule has 2 aliphatic rings. The van der Waals surface area contributed by atoms with Crippen LogP contribution in [-0.4, -0.2) is 34.6 Å². The summed E-state index contributed by atoms with van der Waals surface area (Å²) in [6.07, 6.45) is 8.84. The van der Waals surface area contributed by atoms with Crippen LogP contribution < -0.4 is 5.32 Å². The van der Waals surface area contributed by atoms with E-state index in [1.165, 1.54) is 31.2 Å². The van der Waals surface area contributed by atoms with Crippen LogP contribution in [0.1, 0.15) is 45.1 Å². The zero-order chi connectivity index (χ0) is 14.9. The summed E-state index contributed by atoms with van der Waals surface area (Å²) in [5, 5.41) is 4.63. The Labute approximate surface area is 133 Å². The van der Waals surface area contributed by atoms with Crippen LogP contribution >= 0.6 is 11.6 Å². The number of rotatable bonds is 5. The lowest BCUT2D eigenvalue weighted by Gasteiger charge is -2.47. The third-order valence-electron chi connectivity index (χ3n) is 5.12. The van der Waals surface area contributed by atoms with Gasteiger partial charge in [0.1, 0.15) is 0 Å². The fraction of sp³-hybridized carbons (Fsp3) is 0.706. The van der Waals surface area contributed by atoms with Crippen LogP contribution in [0.2, 0.25) is 5.02 Å². The van der Waals surface area contributed by atoms with Gasteiger partial charge in [0, 0.05) is 43.6 Å². The highest BCUT2D eigenvalue weighted by Crippen LogP contribution is 2.41. The molecule has 2 unspecified atom stereocenters. The van der Waals surface area contributed by atoms with Crippen LogP contribution in [-0.2, 0) is 6.54 Å². The minimum Gasteiger partial charge on any atom is -0.308 e. The van der Waals surface area contributed by atoms with E-state index in [2.05, 4.69) is 35.1 Å². The van der Waals surface area contributed by atoms with Gasteiger partial charge in [-0.3, -0.25) is 9.88 Å². The normalized spacial score (nSPS) is 30.5. The molecule has 1 aromatic heterocycles. The van der Waals surface area contributed by atoms with Gasteiger partial charge in [0.05, 0.1) is 5.02 Å². The van der Waals surface area contributed by atoms with Gasteiger partial charge in [0.15, 0.2) is 0 Å². The van der Waals surface area contributed by atoms with Crippen molar-refractivity contribution in [2.45, 2.75) is 57.7 Å². The lowest BCUT2D eigenvalue weighted by Crippen LogP contribution is -2.63. The minimum absolute atomic E-state index is 0.281. The Balaban J connectivity index is 1.75. The van der Waals surface area contributed by atoms with Crippen molar-refractivity contribution in [2.24, 2.45) is 5.92 Å². The Morgan fingerprint density at radius 1 is 1.48 bits per heavy atom. The fourth-order valence-electron chi connectivity index (χ4n) is 3.63. The average Bonchev–Trinajstić information content (AvgIpc) is 3.30. The molecule has 2 fully saturated rings. The molecule has 1 aliphatic carbocycles. The minimum atomic E-state index is 0.281. The highest BCUT2D eigenvalue weighted by molar-refractivity contribution is 6.31. The summed E-state index contributed by atoms with van der Waals surface area (Å²) in [7, 11) is 0. The average molecular weight is 308 g/mol. The lowest BCUT2D eigenvalue weighted by molar-refractivity contribution is 0.0639. The van der Waals surface area contributed by atoms with Gasteiger partial charge in [-0.15, -0.1) is 0 Å². The maximum absolute atomic E-state index is 6.31. The molecule has 21 heavy (non-hydrogen) atoms. The summed E-state index contributed by atoms with van der Waals surface area (Å²) in [4.78, 5) is 6.74. The number of aromatic nitrogens is 1. The summed E-state index contributed by atoms with van der Waals surface area (Å²) < 4.78 is 0. The summed E-state index contributed by atoms with van der Waals surface area (Å²) in [5.41, 5.74) is 1.48. The van der Waals surface area contributed by atoms with E-state index in [4.69, 9.17) is 11.6 Å². The molecule has 1 aromatic rings. The van der Waals surface area contributed by atoms with Crippen molar-refractivity contribution in [3.8, 4) is 0 Å². The number of halogens is 1. The Morgan fingerprint density at radius 3 is 2.95 bits per heavy atom. The SMILES string of the molecule is CCCC1CNC(C)(C2CC2)CN1Cc1ccncc1Cl. The van der Waals surface area contributed by atoms with Crippen LogP contribution in [0.25, 0.3) is 0 Å². The second-order valence-corrected chi connectivity index (χ2v) is 7.29. The molecule has 4 heteroatoms. The van der Waals surface area contributed by atoms with Gasteiger partial charge < -0.3 is 5.32 Å². The van der Waals surface area contributed by atoms with Crippen LogP contribution in [0.5, 0.6) is 0 Å². The van der Waals surface area contributed by atoms with Crippen LogP contribution in [0.15, 0.2) is 18.5 Å². The van der Waals surface area contributed by atoms with Crippen LogP contribution in [0.4, 0.5) is 0 Å². The van der Waals surface area contributed by atoms with Gasteiger partial charge in [-0.2, -0.15) is 0 Å². The van der Waals surface area contributed by atoms with E-state index < -0.39 is 0 Å². The molecule has 1 saturated heterocycles. The van der Waals surface area contributed by atoms with Crippen LogP contribution in [0, 0.1) is 5.92 Å². The third kappa shape index (κ3) is 3.41. The van der Waals surface area contributed by atoms with E-state index >= 15 is 0 Å². The molecule has 3 rings (SSSR count). The molecule has 0 spiro atoms. The van der Waals surface area contributed by atoms with Gasteiger partial charge in [0.2, 0.25) is 0 Å². The number of hydrogen-bond acceptors (Lipinski definition) is 3. The van der Waals surface area contributed by atoms with Crippen molar-refractivity contribution < 1.29 is 0 Å². The second-order valence-electron chi connectivity index (χ2n) is 6.89. The molecule has 3 nitrogen and oxygen atoms in total. The predicted molar refractivity (Wildman–Crippen MR) is 87.5 cm³/mol. The van der Waals surface area contributed by atoms with Crippen molar-refractivity contribution in [1.29, 1.82) is 0 Å². The van der Waals surface area contributed by atoms with Gasteiger partial charge in [0.25, 0.3) is 0 Å². The van der Waals surface area contributed by atoms with Crippen molar-refractivity contribution >= 4 is 11.6 Å². The smallest absolute Gasteiger partial charge is 0.0634 e. The lowest BCUT2D eigenvalue weighted by atomic mass is 9.89. The van der Waals surface area contributed by atoms with Crippen molar-refractivity contribution in [1.82, 2.24) is 15.2 Å². The molecule has 2 heterocycles. The number of pyridine rings is 1. The van der Waals surface area contributed by atoms with E-state index in [9.17, 15) is 0 Å². The van der Waals surface area contributed by atoms with E-state index in [-0.39, 0.29) is 5.54 Å². The van der Waals surface area contributed by atoms with Gasteiger partial charge >= 0.3 is 0 Å².